The number of nitrogens with one attached hydrogen (secondary N) is 1. The molecule has 0 bridgehead atoms. The number of carbonyl (C=O) groups is 1. The summed E-state index contributed by atoms with van der Waals surface area (Å²) in [5.74, 6) is 0.747. The molecule has 0 saturated carbocycles. The first-order valence-electron chi connectivity index (χ1n) is 9.88. The topological polar surface area (TPSA) is 59.9 Å². The third-order valence-electron chi connectivity index (χ3n) is 4.61. The van der Waals surface area contributed by atoms with Gasteiger partial charge in [0.25, 0.3) is 5.91 Å². The molecular formula is C25H21Cl3N2O3. The standard InChI is InChI=1S/C25H21Cl3N2O3/c1-3-4-18-11-16(14-29-30-25(31)17-5-8-20(26)9-6-17)12-23(32-2)24(18)33-15-19-7-10-21(27)13-22(19)28/h3,5-14H,1,4,15H2,2H3,(H,30,31)/b29-14-. The minimum Gasteiger partial charge on any atom is -0.493 e. The Morgan fingerprint density at radius 2 is 1.76 bits per heavy atom. The molecule has 1 N–H and O–H groups in total. The highest BCUT2D eigenvalue weighted by molar-refractivity contribution is 6.35. The zero-order chi connectivity index (χ0) is 23.8. The summed E-state index contributed by atoms with van der Waals surface area (Å²) < 4.78 is 11.6. The van der Waals surface area contributed by atoms with E-state index < -0.39 is 0 Å². The van der Waals surface area contributed by atoms with E-state index in [1.807, 2.05) is 12.1 Å². The van der Waals surface area contributed by atoms with Crippen molar-refractivity contribution in [3.05, 3.63) is 105 Å². The largest absolute Gasteiger partial charge is 0.493 e. The molecule has 0 aliphatic carbocycles. The highest BCUT2D eigenvalue weighted by Gasteiger charge is 2.14. The van der Waals surface area contributed by atoms with Gasteiger partial charge in [-0.05, 0) is 60.5 Å². The number of benzene rings is 3. The Hall–Kier alpha value is -2.99. The number of allylic oxidation sites excluding steroid dienone is 1. The first-order valence-corrected chi connectivity index (χ1v) is 11.0. The maximum Gasteiger partial charge on any atom is 0.271 e. The predicted octanol–water partition coefficient (Wildman–Crippen LogP) is 6.73. The molecule has 3 aromatic rings. The van der Waals surface area contributed by atoms with Crippen LogP contribution in [0.2, 0.25) is 15.1 Å². The van der Waals surface area contributed by atoms with Crippen LogP contribution in [0.3, 0.4) is 0 Å². The number of amides is 1. The van der Waals surface area contributed by atoms with Crippen molar-refractivity contribution in [1.29, 1.82) is 0 Å². The van der Waals surface area contributed by atoms with Crippen LogP contribution < -0.4 is 14.9 Å². The van der Waals surface area contributed by atoms with Crippen LogP contribution in [0.15, 0.2) is 72.4 Å². The maximum absolute atomic E-state index is 12.2. The second-order valence-corrected chi connectivity index (χ2v) is 8.21. The number of hydrogen-bond acceptors (Lipinski definition) is 4. The summed E-state index contributed by atoms with van der Waals surface area (Å²) in [5, 5.41) is 5.68. The van der Waals surface area contributed by atoms with Gasteiger partial charge >= 0.3 is 0 Å². The predicted molar refractivity (Wildman–Crippen MR) is 134 cm³/mol. The number of halogens is 3. The number of rotatable bonds is 9. The van der Waals surface area contributed by atoms with Crippen molar-refractivity contribution in [2.24, 2.45) is 5.10 Å². The Labute approximate surface area is 207 Å². The Morgan fingerprint density at radius 3 is 2.42 bits per heavy atom. The third kappa shape index (κ3) is 6.75. The van der Waals surface area contributed by atoms with Crippen molar-refractivity contribution in [1.82, 2.24) is 5.43 Å². The number of methoxy groups -OCH3 is 1. The molecule has 33 heavy (non-hydrogen) atoms. The van der Waals surface area contributed by atoms with Crippen molar-refractivity contribution in [2.75, 3.05) is 7.11 Å². The molecule has 0 aliphatic heterocycles. The molecule has 0 radical (unpaired) electrons. The first-order chi connectivity index (χ1) is 15.9. The fraction of sp³-hybridized carbons (Fsp3) is 0.120. The molecule has 0 atom stereocenters. The van der Waals surface area contributed by atoms with Crippen LogP contribution >= 0.6 is 34.8 Å². The Morgan fingerprint density at radius 1 is 1.03 bits per heavy atom. The fourth-order valence-electron chi connectivity index (χ4n) is 3.00. The van der Waals surface area contributed by atoms with E-state index in [4.69, 9.17) is 44.3 Å². The van der Waals surface area contributed by atoms with Gasteiger partial charge in [0.15, 0.2) is 11.5 Å². The van der Waals surface area contributed by atoms with E-state index in [-0.39, 0.29) is 12.5 Å². The molecule has 0 spiro atoms. The molecule has 0 aliphatic rings. The average molecular weight is 504 g/mol. The third-order valence-corrected chi connectivity index (χ3v) is 5.45. The minimum atomic E-state index is -0.346. The van der Waals surface area contributed by atoms with E-state index in [9.17, 15) is 4.79 Å². The molecule has 0 heterocycles. The van der Waals surface area contributed by atoms with Crippen molar-refractivity contribution in [3.8, 4) is 11.5 Å². The van der Waals surface area contributed by atoms with Gasteiger partial charge in [-0.3, -0.25) is 4.79 Å². The SMILES string of the molecule is C=CCc1cc(/C=N\NC(=O)c2ccc(Cl)cc2)cc(OC)c1OCc1ccc(Cl)cc1Cl. The van der Waals surface area contributed by atoms with Gasteiger partial charge in [0.05, 0.1) is 13.3 Å². The summed E-state index contributed by atoms with van der Waals surface area (Å²) in [5.41, 5.74) is 5.31. The lowest BCUT2D eigenvalue weighted by molar-refractivity contribution is 0.0955. The fourth-order valence-corrected chi connectivity index (χ4v) is 3.59. The molecule has 0 fully saturated rings. The smallest absolute Gasteiger partial charge is 0.271 e. The van der Waals surface area contributed by atoms with Gasteiger partial charge in [-0.2, -0.15) is 5.10 Å². The molecule has 3 rings (SSSR count). The second kappa shape index (κ2) is 11.8. The van der Waals surface area contributed by atoms with Crippen LogP contribution in [-0.2, 0) is 13.0 Å². The maximum atomic E-state index is 12.2. The van der Waals surface area contributed by atoms with E-state index in [2.05, 4.69) is 17.1 Å². The van der Waals surface area contributed by atoms with Crippen LogP contribution in [0.5, 0.6) is 11.5 Å². The molecule has 0 aromatic heterocycles. The van der Waals surface area contributed by atoms with Gasteiger partial charge in [-0.15, -0.1) is 6.58 Å². The summed E-state index contributed by atoms with van der Waals surface area (Å²) >= 11 is 18.1. The van der Waals surface area contributed by atoms with E-state index in [0.717, 1.165) is 16.7 Å². The van der Waals surface area contributed by atoms with Gasteiger partial charge < -0.3 is 9.47 Å². The number of carbonyl (C=O) groups excluding carboxylic acids is 1. The summed E-state index contributed by atoms with van der Waals surface area (Å²) in [4.78, 5) is 12.2. The van der Waals surface area contributed by atoms with Crippen LogP contribution in [-0.4, -0.2) is 19.2 Å². The highest BCUT2D eigenvalue weighted by atomic mass is 35.5. The minimum absolute atomic E-state index is 0.237. The lowest BCUT2D eigenvalue weighted by Crippen LogP contribution is -2.17. The van der Waals surface area contributed by atoms with Crippen molar-refractivity contribution in [3.63, 3.8) is 0 Å². The zero-order valence-electron chi connectivity index (χ0n) is 17.8. The monoisotopic (exact) mass is 502 g/mol. The van der Waals surface area contributed by atoms with Gasteiger partial charge in [-0.1, -0.05) is 46.9 Å². The number of ether oxygens (including phenoxy) is 2. The van der Waals surface area contributed by atoms with E-state index in [0.29, 0.717) is 38.6 Å². The molecule has 0 unspecified atom stereocenters. The van der Waals surface area contributed by atoms with Gasteiger partial charge in [0, 0.05) is 31.8 Å². The summed E-state index contributed by atoms with van der Waals surface area (Å²) in [6, 6.07) is 15.4. The van der Waals surface area contributed by atoms with Crippen molar-refractivity contribution >= 4 is 46.9 Å². The Balaban J connectivity index is 1.78. The molecular weight excluding hydrogens is 483 g/mol. The first kappa shape index (κ1) is 24.6. The molecule has 3 aromatic carbocycles. The van der Waals surface area contributed by atoms with Crippen LogP contribution in [0.25, 0.3) is 0 Å². The number of nitrogens with zero attached hydrogens (tertiary/aromatic N) is 1. The lowest BCUT2D eigenvalue weighted by atomic mass is 10.1. The normalized spacial score (nSPS) is 10.8. The zero-order valence-corrected chi connectivity index (χ0v) is 20.0. The highest BCUT2D eigenvalue weighted by Crippen LogP contribution is 2.34. The van der Waals surface area contributed by atoms with Gasteiger partial charge in [0.1, 0.15) is 6.61 Å². The molecule has 8 heteroatoms. The lowest BCUT2D eigenvalue weighted by Gasteiger charge is -2.16. The summed E-state index contributed by atoms with van der Waals surface area (Å²) in [6.07, 6.45) is 3.84. The van der Waals surface area contributed by atoms with Gasteiger partial charge in [-0.25, -0.2) is 5.43 Å². The quantitative estimate of drug-likeness (QED) is 0.200. The molecule has 0 saturated heterocycles. The average Bonchev–Trinajstić information content (AvgIpc) is 2.79. The van der Waals surface area contributed by atoms with Gasteiger partial charge in [0.2, 0.25) is 0 Å². The van der Waals surface area contributed by atoms with E-state index in [1.54, 1.807) is 55.7 Å². The molecule has 170 valence electrons. The molecule has 5 nitrogen and oxygen atoms in total. The number of hydrogen-bond donors (Lipinski definition) is 1. The van der Waals surface area contributed by atoms with Crippen LogP contribution in [0.4, 0.5) is 0 Å². The van der Waals surface area contributed by atoms with Crippen molar-refractivity contribution < 1.29 is 14.3 Å². The summed E-state index contributed by atoms with van der Waals surface area (Å²) in [7, 11) is 1.55. The van der Waals surface area contributed by atoms with Crippen LogP contribution in [0, 0.1) is 0 Å². The summed E-state index contributed by atoms with van der Waals surface area (Å²) in [6.45, 7) is 4.05. The Kier molecular flexibility index (Phi) is 8.78. The van der Waals surface area contributed by atoms with Crippen LogP contribution in [0.1, 0.15) is 27.0 Å². The Bertz CT molecular complexity index is 1180. The van der Waals surface area contributed by atoms with E-state index in [1.165, 1.54) is 6.21 Å². The van der Waals surface area contributed by atoms with E-state index >= 15 is 0 Å². The molecule has 1 amide bonds. The number of hydrazone groups is 1. The second-order valence-electron chi connectivity index (χ2n) is 6.93. The van der Waals surface area contributed by atoms with Crippen molar-refractivity contribution in [2.45, 2.75) is 13.0 Å².